The van der Waals surface area contributed by atoms with Gasteiger partial charge >= 0.3 is 0 Å². The maximum Gasteiger partial charge on any atom is 0.272 e. The highest BCUT2D eigenvalue weighted by Crippen LogP contribution is 2.30. The van der Waals surface area contributed by atoms with E-state index in [1.807, 2.05) is 6.07 Å². The van der Waals surface area contributed by atoms with Gasteiger partial charge in [0.15, 0.2) is 4.90 Å². The molecule has 1 fully saturated rings. The highest BCUT2D eigenvalue weighted by atomic mass is 32.2. The molecule has 0 aliphatic carbocycles. The molecule has 0 spiro atoms. The first-order valence-corrected chi connectivity index (χ1v) is 18.7. The number of rotatable bonds is 13. The van der Waals surface area contributed by atoms with E-state index in [4.69, 9.17) is 4.74 Å². The highest BCUT2D eigenvalue weighted by Gasteiger charge is 2.33. The fourth-order valence-corrected chi connectivity index (χ4v) is 6.84. The highest BCUT2D eigenvalue weighted by molar-refractivity contribution is 7.92. The Balaban J connectivity index is 1.53. The summed E-state index contributed by atoms with van der Waals surface area (Å²) >= 11 is 1.01. The van der Waals surface area contributed by atoms with Crippen LogP contribution in [0, 0.1) is 17.5 Å². The average Bonchev–Trinajstić information content (AvgIpc) is 3.33. The van der Waals surface area contributed by atoms with Crippen molar-refractivity contribution in [2.45, 2.75) is 50.1 Å². The summed E-state index contributed by atoms with van der Waals surface area (Å²) < 4.78 is 82.4. The van der Waals surface area contributed by atoms with E-state index in [0.29, 0.717) is 18.7 Å². The molecular weight excluding hydrogens is 566 g/mol. The van der Waals surface area contributed by atoms with E-state index in [-0.39, 0.29) is 17.9 Å². The number of ether oxygens (including phenoxy) is 1. The monoisotopic (exact) mass is 598 g/mol. The molecule has 4 rings (SSSR count). The summed E-state index contributed by atoms with van der Waals surface area (Å²) in [6.45, 7) is 8.85. The minimum Gasteiger partial charge on any atom is -0.381 e. The molecule has 2 aromatic carbocycles. The van der Waals surface area contributed by atoms with Gasteiger partial charge in [-0.3, -0.25) is 4.90 Å². The lowest BCUT2D eigenvalue weighted by molar-refractivity contribution is 0.156. The largest absolute Gasteiger partial charge is 0.381 e. The van der Waals surface area contributed by atoms with Crippen molar-refractivity contribution < 1.29 is 26.3 Å². The van der Waals surface area contributed by atoms with E-state index in [9.17, 15) is 12.8 Å². The summed E-state index contributed by atoms with van der Waals surface area (Å²) in [6.07, 6.45) is 2.41. The molecule has 1 saturated heterocycles. The molecule has 2 heterocycles. The minimum atomic E-state index is -4.67. The fraction of sp³-hybridized carbons (Fsp3) is 0.423. The lowest BCUT2D eigenvalue weighted by atomic mass is 10.0. The number of likely N-dealkylation sites (tertiary alicyclic amines) is 1. The molecule has 0 atom stereocenters. The van der Waals surface area contributed by atoms with Crippen LogP contribution >= 0.6 is 11.5 Å². The van der Waals surface area contributed by atoms with Crippen LogP contribution in [-0.2, 0) is 27.8 Å². The lowest BCUT2D eigenvalue weighted by Crippen LogP contribution is -2.36. The molecule has 7 nitrogen and oxygen atoms in total. The van der Waals surface area contributed by atoms with Crippen LogP contribution in [0.2, 0.25) is 25.7 Å². The first-order valence-electron chi connectivity index (χ1n) is 12.7. The smallest absolute Gasteiger partial charge is 0.272 e. The summed E-state index contributed by atoms with van der Waals surface area (Å²) in [4.78, 5) is 1.10. The molecule has 3 aromatic rings. The topological polar surface area (TPSA) is 74.8 Å². The van der Waals surface area contributed by atoms with Gasteiger partial charge in [-0.1, -0.05) is 31.8 Å². The van der Waals surface area contributed by atoms with Crippen molar-refractivity contribution in [1.82, 2.24) is 9.27 Å². The first kappa shape index (κ1) is 29.5. The number of sulfonamides is 1. The van der Waals surface area contributed by atoms with Crippen LogP contribution in [0.4, 0.5) is 24.5 Å². The molecule has 1 aliphatic rings. The summed E-state index contributed by atoms with van der Waals surface area (Å²) in [6, 6.07) is 7.41. The van der Waals surface area contributed by atoms with Crippen LogP contribution in [-0.4, -0.2) is 52.2 Å². The van der Waals surface area contributed by atoms with Crippen LogP contribution in [0.1, 0.15) is 17.5 Å². The Bertz CT molecular complexity index is 1360. The van der Waals surface area contributed by atoms with Crippen LogP contribution < -0.4 is 9.62 Å². The van der Waals surface area contributed by atoms with Crippen molar-refractivity contribution in [1.29, 1.82) is 0 Å². The van der Waals surface area contributed by atoms with E-state index >= 15 is 8.78 Å². The number of hydrogen-bond acceptors (Lipinski definition) is 7. The molecule has 1 aliphatic heterocycles. The predicted octanol–water partition coefficient (Wildman–Crippen LogP) is 5.89. The zero-order valence-corrected chi connectivity index (χ0v) is 24.8. The van der Waals surface area contributed by atoms with Crippen molar-refractivity contribution in [3.63, 3.8) is 0 Å². The molecule has 39 heavy (non-hydrogen) atoms. The van der Waals surface area contributed by atoms with Gasteiger partial charge in [-0.15, -0.1) is 0 Å². The van der Waals surface area contributed by atoms with E-state index in [2.05, 4.69) is 34.2 Å². The predicted molar refractivity (Wildman–Crippen MR) is 151 cm³/mol. The van der Waals surface area contributed by atoms with Gasteiger partial charge in [0.1, 0.15) is 24.2 Å². The molecule has 13 heteroatoms. The molecule has 0 bridgehead atoms. The Labute approximate surface area is 232 Å². The average molecular weight is 599 g/mol. The summed E-state index contributed by atoms with van der Waals surface area (Å²) in [7, 11) is -6.10. The Morgan fingerprint density at radius 3 is 2.44 bits per heavy atom. The Kier molecular flexibility index (Phi) is 9.37. The van der Waals surface area contributed by atoms with Crippen LogP contribution in [0.3, 0.4) is 0 Å². The second-order valence-electron chi connectivity index (χ2n) is 10.7. The third-order valence-electron chi connectivity index (χ3n) is 6.49. The summed E-state index contributed by atoms with van der Waals surface area (Å²) in [5.41, 5.74) is 1.34. The van der Waals surface area contributed by atoms with Crippen LogP contribution in [0.25, 0.3) is 0 Å². The first-order chi connectivity index (χ1) is 18.5. The molecule has 0 amide bonds. The van der Waals surface area contributed by atoms with Crippen molar-refractivity contribution in [2.75, 3.05) is 36.0 Å². The van der Waals surface area contributed by atoms with Gasteiger partial charge in [-0.05, 0) is 60.8 Å². The number of halogens is 3. The maximum atomic E-state index is 15.2. The molecule has 212 valence electrons. The number of nitrogens with zero attached hydrogens (tertiary/aromatic N) is 3. The second kappa shape index (κ2) is 12.4. The Hall–Kier alpha value is -2.45. The van der Waals surface area contributed by atoms with Gasteiger partial charge in [0.2, 0.25) is 0 Å². The van der Waals surface area contributed by atoms with Gasteiger partial charge in [-0.25, -0.2) is 25.9 Å². The SMILES string of the molecule is C[Si](C)(C)CCOCN(c1cnsc1)S(=O)(=O)c1c(F)cc(NCc2c(F)cccc2CN2CCC2)cc1F. The van der Waals surface area contributed by atoms with Crippen molar-refractivity contribution in [3.8, 4) is 0 Å². The zero-order chi connectivity index (χ0) is 28.2. The van der Waals surface area contributed by atoms with E-state index < -0.39 is 47.2 Å². The summed E-state index contributed by atoms with van der Waals surface area (Å²) in [5.74, 6) is -2.95. The van der Waals surface area contributed by atoms with Gasteiger partial charge in [0.25, 0.3) is 10.0 Å². The van der Waals surface area contributed by atoms with Gasteiger partial charge in [-0.2, -0.15) is 4.37 Å². The van der Waals surface area contributed by atoms with E-state index in [1.165, 1.54) is 17.6 Å². The van der Waals surface area contributed by atoms with Crippen molar-refractivity contribution in [2.24, 2.45) is 0 Å². The third-order valence-corrected chi connectivity index (χ3v) is 10.6. The second-order valence-corrected chi connectivity index (χ2v) is 18.8. The maximum absolute atomic E-state index is 15.2. The van der Waals surface area contributed by atoms with Crippen LogP contribution in [0.15, 0.2) is 46.8 Å². The molecule has 0 radical (unpaired) electrons. The normalized spacial score (nSPS) is 14.3. The molecule has 1 aromatic heterocycles. The minimum absolute atomic E-state index is 0.00256. The zero-order valence-electron chi connectivity index (χ0n) is 22.2. The van der Waals surface area contributed by atoms with Gasteiger partial charge < -0.3 is 10.1 Å². The quantitative estimate of drug-likeness (QED) is 0.150. The van der Waals surface area contributed by atoms with Gasteiger partial charge in [0.05, 0.1) is 11.9 Å². The number of aromatic nitrogens is 1. The Morgan fingerprint density at radius 2 is 1.85 bits per heavy atom. The summed E-state index contributed by atoms with van der Waals surface area (Å²) in [5, 5.41) is 4.32. The molecule has 1 N–H and O–H groups in total. The Morgan fingerprint density at radius 1 is 1.13 bits per heavy atom. The number of hydrogen-bond donors (Lipinski definition) is 1. The van der Waals surface area contributed by atoms with Crippen molar-refractivity contribution >= 4 is 41.0 Å². The lowest BCUT2D eigenvalue weighted by Gasteiger charge is -2.31. The number of anilines is 2. The molecule has 0 saturated carbocycles. The van der Waals surface area contributed by atoms with Crippen molar-refractivity contribution in [3.05, 3.63) is 70.5 Å². The molecule has 0 unspecified atom stereocenters. The number of nitrogens with one attached hydrogen (secondary N) is 1. The van der Waals surface area contributed by atoms with Crippen LogP contribution in [0.5, 0.6) is 0 Å². The standard InChI is InChI=1S/C26H33F3N4O3S2Si/c1-39(2,3)11-10-36-18-33(21-14-31-37-17-21)38(34,35)26-24(28)12-20(13-25(26)29)30-15-22-19(6-4-7-23(22)27)16-32-8-5-9-32/h4,6-7,12-14,17,30H,5,8-11,15-16,18H2,1-3H3. The van der Waals surface area contributed by atoms with Gasteiger partial charge in [0, 0.05) is 44.4 Å². The number of benzene rings is 2. The molecular formula is C26H33F3N4O3S2Si. The third kappa shape index (κ3) is 7.40. The van der Waals surface area contributed by atoms with E-state index in [0.717, 1.165) is 59.1 Å². The fourth-order valence-electron chi connectivity index (χ4n) is 4.07. The van der Waals surface area contributed by atoms with E-state index in [1.54, 1.807) is 6.07 Å².